The lowest BCUT2D eigenvalue weighted by Crippen LogP contribution is -2.07. The van der Waals surface area contributed by atoms with Gasteiger partial charge < -0.3 is 0 Å². The van der Waals surface area contributed by atoms with E-state index in [1.165, 1.54) is 0 Å². The van der Waals surface area contributed by atoms with Gasteiger partial charge in [-0.05, 0) is 46.6 Å². The van der Waals surface area contributed by atoms with Crippen LogP contribution in [0.25, 0.3) is 0 Å². The van der Waals surface area contributed by atoms with Crippen LogP contribution >= 0.6 is 27.5 Å². The van der Waals surface area contributed by atoms with Crippen LogP contribution < -0.4 is 0 Å². The number of aromatic nitrogens is 2. The largest absolute Gasteiger partial charge is 0.294 e. The molecule has 3 nitrogen and oxygen atoms in total. The van der Waals surface area contributed by atoms with E-state index in [0.29, 0.717) is 17.0 Å². The molecule has 1 aromatic carbocycles. The van der Waals surface area contributed by atoms with Crippen molar-refractivity contribution in [3.63, 3.8) is 0 Å². The molecule has 0 atom stereocenters. The number of halogens is 2. The average molecular weight is 342 g/mol. The summed E-state index contributed by atoms with van der Waals surface area (Å²) in [5.74, 6) is 0.0584. The minimum Gasteiger partial charge on any atom is -0.294 e. The average Bonchev–Trinajstić information content (AvgIpc) is 2.73. The Kier molecular flexibility index (Phi) is 4.42. The smallest absolute Gasteiger partial charge is 0.168 e. The topological polar surface area (TPSA) is 34.9 Å². The first-order valence-electron chi connectivity index (χ1n) is 6.01. The van der Waals surface area contributed by atoms with Crippen molar-refractivity contribution in [3.05, 3.63) is 50.7 Å². The van der Waals surface area contributed by atoms with Crippen molar-refractivity contribution in [2.75, 3.05) is 0 Å². The minimum absolute atomic E-state index is 0.0584. The second-order valence-corrected chi connectivity index (χ2v) is 5.59. The summed E-state index contributed by atoms with van der Waals surface area (Å²) in [6.07, 6.45) is 1.21. The van der Waals surface area contributed by atoms with Crippen molar-refractivity contribution in [3.8, 4) is 0 Å². The number of Topliss-reactive ketones (excluding diaryl/α,β-unsaturated/α-hetero) is 1. The van der Waals surface area contributed by atoms with Crippen LogP contribution in [0.1, 0.15) is 28.7 Å². The van der Waals surface area contributed by atoms with E-state index in [0.717, 1.165) is 22.3 Å². The van der Waals surface area contributed by atoms with Crippen LogP contribution in [-0.4, -0.2) is 15.6 Å². The summed E-state index contributed by atoms with van der Waals surface area (Å²) in [6, 6.07) is 7.19. The summed E-state index contributed by atoms with van der Waals surface area (Å²) in [6.45, 7) is 2.05. The number of benzene rings is 1. The monoisotopic (exact) mass is 340 g/mol. The van der Waals surface area contributed by atoms with Crippen LogP contribution in [0.3, 0.4) is 0 Å². The number of nitrogens with zero attached hydrogens (tertiary/aromatic N) is 2. The molecule has 2 aromatic rings. The standard InChI is InChI=1S/C14H14BrClN2O/c1-3-10-7-11(18(2)17-10)8-14(19)9-4-5-13(16)12(15)6-9/h4-7H,3,8H2,1-2H3. The van der Waals surface area contributed by atoms with Crippen molar-refractivity contribution in [2.45, 2.75) is 19.8 Å². The number of carbonyl (C=O) groups is 1. The fraction of sp³-hybridized carbons (Fsp3) is 0.286. The quantitative estimate of drug-likeness (QED) is 0.792. The lowest BCUT2D eigenvalue weighted by Gasteiger charge is -2.03. The third-order valence-electron chi connectivity index (χ3n) is 2.97. The van der Waals surface area contributed by atoms with Gasteiger partial charge in [0.1, 0.15) is 0 Å². The molecule has 0 saturated carbocycles. The molecule has 5 heteroatoms. The Balaban J connectivity index is 2.20. The molecule has 19 heavy (non-hydrogen) atoms. The predicted molar refractivity (Wildman–Crippen MR) is 79.8 cm³/mol. The predicted octanol–water partition coefficient (Wildman–Crippen LogP) is 3.82. The van der Waals surface area contributed by atoms with Gasteiger partial charge in [0, 0.05) is 22.8 Å². The van der Waals surface area contributed by atoms with Crippen LogP contribution in [0.4, 0.5) is 0 Å². The molecule has 0 bridgehead atoms. The number of carbonyl (C=O) groups excluding carboxylic acids is 1. The summed E-state index contributed by atoms with van der Waals surface area (Å²) < 4.78 is 2.50. The number of hydrogen-bond donors (Lipinski definition) is 0. The normalized spacial score (nSPS) is 10.7. The van der Waals surface area contributed by atoms with Gasteiger partial charge in [0.25, 0.3) is 0 Å². The van der Waals surface area contributed by atoms with Gasteiger partial charge in [0.2, 0.25) is 0 Å². The van der Waals surface area contributed by atoms with Crippen LogP contribution in [0.15, 0.2) is 28.7 Å². The molecule has 0 saturated heterocycles. The molecular weight excluding hydrogens is 328 g/mol. The highest BCUT2D eigenvalue weighted by molar-refractivity contribution is 9.10. The summed E-state index contributed by atoms with van der Waals surface area (Å²) >= 11 is 9.25. The Labute approximate surface area is 125 Å². The van der Waals surface area contributed by atoms with Gasteiger partial charge in [-0.25, -0.2) is 0 Å². The van der Waals surface area contributed by atoms with E-state index in [-0.39, 0.29) is 5.78 Å². The number of rotatable bonds is 4. The highest BCUT2D eigenvalue weighted by Gasteiger charge is 2.12. The Morgan fingerprint density at radius 3 is 2.74 bits per heavy atom. The van der Waals surface area contributed by atoms with Crippen LogP contribution in [-0.2, 0) is 19.9 Å². The van der Waals surface area contributed by atoms with Gasteiger partial charge >= 0.3 is 0 Å². The molecule has 0 spiro atoms. The molecule has 0 fully saturated rings. The van der Waals surface area contributed by atoms with Crippen molar-refractivity contribution >= 4 is 33.3 Å². The van der Waals surface area contributed by atoms with E-state index in [2.05, 4.69) is 21.0 Å². The molecule has 2 rings (SSSR count). The molecule has 0 aliphatic rings. The zero-order chi connectivity index (χ0) is 14.0. The fourth-order valence-electron chi connectivity index (χ4n) is 1.85. The van der Waals surface area contributed by atoms with Crippen molar-refractivity contribution < 1.29 is 4.79 Å². The first-order chi connectivity index (χ1) is 9.01. The molecule has 0 unspecified atom stereocenters. The van der Waals surface area contributed by atoms with E-state index in [1.54, 1.807) is 22.9 Å². The molecule has 1 heterocycles. The zero-order valence-electron chi connectivity index (χ0n) is 10.8. The Morgan fingerprint density at radius 1 is 1.42 bits per heavy atom. The highest BCUT2D eigenvalue weighted by Crippen LogP contribution is 2.24. The number of aryl methyl sites for hydroxylation is 2. The van der Waals surface area contributed by atoms with E-state index < -0.39 is 0 Å². The Hall–Kier alpha value is -1.13. The van der Waals surface area contributed by atoms with Crippen LogP contribution in [0, 0.1) is 0 Å². The SMILES string of the molecule is CCc1cc(CC(=O)c2ccc(Cl)c(Br)c2)n(C)n1. The lowest BCUT2D eigenvalue weighted by molar-refractivity contribution is 0.0990. The Bertz CT molecular complexity index is 622. The highest BCUT2D eigenvalue weighted by atomic mass is 79.9. The molecule has 0 aliphatic carbocycles. The minimum atomic E-state index is 0.0584. The second kappa shape index (κ2) is 5.88. The van der Waals surface area contributed by atoms with E-state index in [4.69, 9.17) is 11.6 Å². The van der Waals surface area contributed by atoms with E-state index in [9.17, 15) is 4.79 Å². The second-order valence-electron chi connectivity index (χ2n) is 4.33. The van der Waals surface area contributed by atoms with Gasteiger partial charge in [-0.3, -0.25) is 9.48 Å². The summed E-state index contributed by atoms with van der Waals surface area (Å²) in [4.78, 5) is 12.2. The fourth-order valence-corrected chi connectivity index (χ4v) is 2.34. The summed E-state index contributed by atoms with van der Waals surface area (Å²) in [5.41, 5.74) is 2.58. The van der Waals surface area contributed by atoms with Gasteiger partial charge in [0.05, 0.1) is 17.1 Å². The third kappa shape index (κ3) is 3.25. The first-order valence-corrected chi connectivity index (χ1v) is 7.18. The van der Waals surface area contributed by atoms with E-state index in [1.807, 2.05) is 20.0 Å². The first kappa shape index (κ1) is 14.3. The molecule has 100 valence electrons. The molecule has 1 aromatic heterocycles. The van der Waals surface area contributed by atoms with Crippen molar-refractivity contribution in [1.29, 1.82) is 0 Å². The van der Waals surface area contributed by atoms with E-state index >= 15 is 0 Å². The lowest BCUT2D eigenvalue weighted by atomic mass is 10.1. The molecule has 0 aliphatic heterocycles. The maximum atomic E-state index is 12.2. The molecular formula is C14H14BrClN2O. The number of ketones is 1. The summed E-state index contributed by atoms with van der Waals surface area (Å²) in [7, 11) is 1.86. The Morgan fingerprint density at radius 2 is 2.16 bits per heavy atom. The van der Waals surface area contributed by atoms with Gasteiger partial charge in [0.15, 0.2) is 5.78 Å². The summed E-state index contributed by atoms with van der Waals surface area (Å²) in [5, 5.41) is 4.94. The van der Waals surface area contributed by atoms with Crippen molar-refractivity contribution in [2.24, 2.45) is 7.05 Å². The molecule has 0 N–H and O–H groups in total. The third-order valence-corrected chi connectivity index (χ3v) is 4.19. The van der Waals surface area contributed by atoms with Gasteiger partial charge in [-0.15, -0.1) is 0 Å². The molecule has 0 radical (unpaired) electrons. The molecule has 0 amide bonds. The van der Waals surface area contributed by atoms with Gasteiger partial charge in [-0.1, -0.05) is 18.5 Å². The zero-order valence-corrected chi connectivity index (χ0v) is 13.1. The maximum absolute atomic E-state index is 12.2. The van der Waals surface area contributed by atoms with Crippen molar-refractivity contribution in [1.82, 2.24) is 9.78 Å². The van der Waals surface area contributed by atoms with Gasteiger partial charge in [-0.2, -0.15) is 5.10 Å². The van der Waals surface area contributed by atoms with Crippen LogP contribution in [0.5, 0.6) is 0 Å². The van der Waals surface area contributed by atoms with Crippen LogP contribution in [0.2, 0.25) is 5.02 Å². The number of hydrogen-bond acceptors (Lipinski definition) is 2. The maximum Gasteiger partial charge on any atom is 0.168 e.